The number of thioether (sulfide) groups is 1. The summed E-state index contributed by atoms with van der Waals surface area (Å²) in [5.74, 6) is -3.09. The lowest BCUT2D eigenvalue weighted by Crippen LogP contribution is -2.54. The number of hydrogen-bond acceptors (Lipinski definition) is 12. The van der Waals surface area contributed by atoms with E-state index < -0.39 is 35.6 Å². The maximum Gasteiger partial charge on any atom is 0.264 e. The first-order valence-electron chi connectivity index (χ1n) is 13.6. The second-order valence-electron chi connectivity index (χ2n) is 9.60. The van der Waals surface area contributed by atoms with Gasteiger partial charge in [-0.1, -0.05) is 30.0 Å². The number of fused-ring (bicyclic) bond motifs is 2. The number of thiazole rings is 1. The Labute approximate surface area is 259 Å². The standard InChI is InChI=1S/C28H28N6O8S2/c35-21-9-8-19(25(38)32-21)34-26(39)16-4-3-6-18(24(16)27(34)40)30-22(36)14-42-13-12-41-11-10-29-33-23(37)15-43-28-31-17-5-1-2-7-20(17)44-28/h1-7,19,29H,8-15H2,(H,30,36)(H,33,37)(H,32,35,38). The summed E-state index contributed by atoms with van der Waals surface area (Å²) in [6.45, 7) is 0.639. The maximum absolute atomic E-state index is 13.1. The molecule has 1 unspecified atom stereocenters. The zero-order valence-corrected chi connectivity index (χ0v) is 24.9. The molecule has 2 aliphatic rings. The van der Waals surface area contributed by atoms with Gasteiger partial charge in [-0.05, 0) is 30.7 Å². The van der Waals surface area contributed by atoms with E-state index in [0.717, 1.165) is 19.5 Å². The first kappa shape index (κ1) is 31.2. The number of imide groups is 2. The molecule has 0 spiro atoms. The van der Waals surface area contributed by atoms with Crippen LogP contribution in [0.25, 0.3) is 10.2 Å². The zero-order chi connectivity index (χ0) is 31.1. The molecule has 1 atom stereocenters. The topological polar surface area (TPSA) is 185 Å². The van der Waals surface area contributed by atoms with Crippen LogP contribution in [0.2, 0.25) is 0 Å². The first-order chi connectivity index (χ1) is 21.3. The van der Waals surface area contributed by atoms with Gasteiger partial charge < -0.3 is 14.8 Å². The minimum absolute atomic E-state index is 0.00719. The molecule has 230 valence electrons. The Hall–Kier alpha value is -4.22. The Morgan fingerprint density at radius 1 is 1.00 bits per heavy atom. The lowest BCUT2D eigenvalue weighted by molar-refractivity contribution is -0.136. The van der Waals surface area contributed by atoms with Crippen molar-refractivity contribution < 1.29 is 38.2 Å². The molecule has 2 aliphatic heterocycles. The number of piperidine rings is 1. The highest BCUT2D eigenvalue weighted by Crippen LogP contribution is 2.32. The largest absolute Gasteiger partial charge is 0.378 e. The van der Waals surface area contributed by atoms with Crippen LogP contribution in [0.4, 0.5) is 5.69 Å². The zero-order valence-electron chi connectivity index (χ0n) is 23.3. The second-order valence-corrected chi connectivity index (χ2v) is 11.9. The fraction of sp³-hybridized carbons (Fsp3) is 0.321. The number of rotatable bonds is 14. The third-order valence-corrected chi connectivity index (χ3v) is 8.73. The van der Waals surface area contributed by atoms with Crippen molar-refractivity contribution in [2.24, 2.45) is 0 Å². The molecule has 14 nitrogen and oxygen atoms in total. The molecule has 3 heterocycles. The number of aromatic nitrogens is 1. The summed E-state index contributed by atoms with van der Waals surface area (Å²) in [6.07, 6.45) is 0.0383. The van der Waals surface area contributed by atoms with Gasteiger partial charge in [0.25, 0.3) is 11.8 Å². The normalized spacial score (nSPS) is 16.3. The minimum Gasteiger partial charge on any atom is -0.378 e. The van der Waals surface area contributed by atoms with Gasteiger partial charge in [0.05, 0.1) is 52.6 Å². The number of nitrogens with one attached hydrogen (secondary N) is 4. The predicted octanol–water partition coefficient (Wildman–Crippen LogP) is 1.08. The van der Waals surface area contributed by atoms with Crippen molar-refractivity contribution in [3.8, 4) is 0 Å². The van der Waals surface area contributed by atoms with Crippen LogP contribution in [0.15, 0.2) is 46.8 Å². The molecule has 5 rings (SSSR count). The monoisotopic (exact) mass is 640 g/mol. The van der Waals surface area contributed by atoms with Crippen LogP contribution in [-0.2, 0) is 28.7 Å². The molecule has 0 saturated carbocycles. The van der Waals surface area contributed by atoms with Crippen molar-refractivity contribution in [2.75, 3.05) is 44.0 Å². The molecule has 4 N–H and O–H groups in total. The summed E-state index contributed by atoms with van der Waals surface area (Å²) in [7, 11) is 0. The Kier molecular flexibility index (Phi) is 10.3. The fourth-order valence-electron chi connectivity index (χ4n) is 4.55. The number of carbonyl (C=O) groups excluding carboxylic acids is 6. The smallest absolute Gasteiger partial charge is 0.264 e. The molecular formula is C28H28N6O8S2. The maximum atomic E-state index is 13.1. The van der Waals surface area contributed by atoms with Gasteiger partial charge in [0.15, 0.2) is 4.34 Å². The average Bonchev–Trinajstić information content (AvgIpc) is 3.53. The van der Waals surface area contributed by atoms with Gasteiger partial charge in [0.2, 0.25) is 23.6 Å². The number of carbonyl (C=O) groups is 6. The highest BCUT2D eigenvalue weighted by molar-refractivity contribution is 8.01. The van der Waals surface area contributed by atoms with Crippen LogP contribution in [0.5, 0.6) is 0 Å². The first-order valence-corrected chi connectivity index (χ1v) is 15.4. The van der Waals surface area contributed by atoms with E-state index in [2.05, 4.69) is 26.5 Å². The number of hydrazine groups is 1. The Morgan fingerprint density at radius 3 is 2.64 bits per heavy atom. The summed E-state index contributed by atoms with van der Waals surface area (Å²) in [6, 6.07) is 11.1. The van der Waals surface area contributed by atoms with E-state index >= 15 is 0 Å². The molecule has 16 heteroatoms. The Morgan fingerprint density at radius 2 is 1.82 bits per heavy atom. The van der Waals surface area contributed by atoms with E-state index in [1.165, 1.54) is 41.3 Å². The van der Waals surface area contributed by atoms with Crippen LogP contribution in [0.1, 0.15) is 33.6 Å². The van der Waals surface area contributed by atoms with Gasteiger partial charge in [-0.3, -0.25) is 44.4 Å². The number of para-hydroxylation sites is 1. The molecule has 0 bridgehead atoms. The van der Waals surface area contributed by atoms with Crippen LogP contribution in [0.3, 0.4) is 0 Å². The van der Waals surface area contributed by atoms with E-state index in [0.29, 0.717) is 6.54 Å². The van der Waals surface area contributed by atoms with Crippen molar-refractivity contribution in [1.82, 2.24) is 26.1 Å². The van der Waals surface area contributed by atoms with E-state index in [1.807, 2.05) is 24.3 Å². The number of hydrogen-bond donors (Lipinski definition) is 4. The molecule has 6 amide bonds. The summed E-state index contributed by atoms with van der Waals surface area (Å²) in [5.41, 5.74) is 6.45. The van der Waals surface area contributed by atoms with Gasteiger partial charge in [0, 0.05) is 13.0 Å². The summed E-state index contributed by atoms with van der Waals surface area (Å²) >= 11 is 2.90. The summed E-state index contributed by atoms with van der Waals surface area (Å²) in [4.78, 5) is 79.6. The molecular weight excluding hydrogens is 612 g/mol. The lowest BCUT2D eigenvalue weighted by Gasteiger charge is -2.27. The Bertz CT molecular complexity index is 1580. The van der Waals surface area contributed by atoms with Crippen molar-refractivity contribution in [3.63, 3.8) is 0 Å². The van der Waals surface area contributed by atoms with Crippen molar-refractivity contribution in [2.45, 2.75) is 23.2 Å². The lowest BCUT2D eigenvalue weighted by atomic mass is 10.0. The van der Waals surface area contributed by atoms with Gasteiger partial charge >= 0.3 is 0 Å². The van der Waals surface area contributed by atoms with Crippen LogP contribution in [-0.4, -0.2) is 90.1 Å². The fourth-order valence-corrected chi connectivity index (χ4v) is 6.42. The third-order valence-electron chi connectivity index (χ3n) is 6.55. The van der Waals surface area contributed by atoms with E-state index in [-0.39, 0.29) is 67.7 Å². The summed E-state index contributed by atoms with van der Waals surface area (Å²) in [5, 5.41) is 4.72. The Balaban J connectivity index is 0.954. The molecule has 1 fully saturated rings. The van der Waals surface area contributed by atoms with E-state index in [9.17, 15) is 28.8 Å². The van der Waals surface area contributed by atoms with Gasteiger partial charge in [-0.15, -0.1) is 11.3 Å². The molecule has 0 aliphatic carbocycles. The minimum atomic E-state index is -1.10. The molecule has 1 aromatic heterocycles. The number of nitrogens with zero attached hydrogens (tertiary/aromatic N) is 2. The second kappa shape index (κ2) is 14.5. The molecule has 44 heavy (non-hydrogen) atoms. The van der Waals surface area contributed by atoms with Gasteiger partial charge in [0.1, 0.15) is 12.6 Å². The molecule has 2 aromatic carbocycles. The quantitative estimate of drug-likeness (QED) is 0.0856. The molecule has 3 aromatic rings. The number of benzene rings is 2. The van der Waals surface area contributed by atoms with E-state index in [4.69, 9.17) is 9.47 Å². The number of anilines is 1. The highest BCUT2D eigenvalue weighted by Gasteiger charge is 2.45. The number of amides is 6. The van der Waals surface area contributed by atoms with Crippen LogP contribution in [0, 0.1) is 0 Å². The van der Waals surface area contributed by atoms with Crippen molar-refractivity contribution in [1.29, 1.82) is 0 Å². The van der Waals surface area contributed by atoms with Gasteiger partial charge in [-0.25, -0.2) is 10.4 Å². The number of ether oxygens (including phenoxy) is 2. The van der Waals surface area contributed by atoms with Crippen LogP contribution < -0.4 is 21.5 Å². The van der Waals surface area contributed by atoms with E-state index in [1.54, 1.807) is 0 Å². The third kappa shape index (κ3) is 7.46. The highest BCUT2D eigenvalue weighted by atomic mass is 32.2. The summed E-state index contributed by atoms with van der Waals surface area (Å²) < 4.78 is 12.7. The predicted molar refractivity (Wildman–Crippen MR) is 160 cm³/mol. The van der Waals surface area contributed by atoms with Crippen molar-refractivity contribution in [3.05, 3.63) is 53.6 Å². The average molecular weight is 641 g/mol. The SMILES string of the molecule is O=C(CSc1nc2ccccc2s1)NNCCOCCOCC(=O)Nc1cccc2c1C(=O)N(C1CCC(=O)NC1=O)C2=O. The molecule has 0 radical (unpaired) electrons. The molecule has 1 saturated heterocycles. The van der Waals surface area contributed by atoms with Gasteiger partial charge in [-0.2, -0.15) is 0 Å². The van der Waals surface area contributed by atoms with Crippen molar-refractivity contribution >= 4 is 74.4 Å². The van der Waals surface area contributed by atoms with Crippen LogP contribution >= 0.6 is 23.1 Å².